The summed E-state index contributed by atoms with van der Waals surface area (Å²) in [5.41, 5.74) is 3.14. The quantitative estimate of drug-likeness (QED) is 0.889. The van der Waals surface area contributed by atoms with Crippen LogP contribution in [0, 0.1) is 0 Å². The Bertz CT molecular complexity index is 870. The van der Waals surface area contributed by atoms with Crippen LogP contribution in [0.25, 0.3) is 5.69 Å². The molecule has 138 valence electrons. The lowest BCUT2D eigenvalue weighted by Gasteiger charge is -2.15. The third kappa shape index (κ3) is 2.99. The maximum atomic E-state index is 13.4. The van der Waals surface area contributed by atoms with Gasteiger partial charge >= 0.3 is 6.18 Å². The summed E-state index contributed by atoms with van der Waals surface area (Å²) in [5.74, 6) is -0.0704. The Morgan fingerprint density at radius 1 is 1.19 bits per heavy atom. The van der Waals surface area contributed by atoms with Gasteiger partial charge in [-0.3, -0.25) is 4.79 Å². The van der Waals surface area contributed by atoms with Gasteiger partial charge in [-0.2, -0.15) is 18.3 Å². The van der Waals surface area contributed by atoms with Crippen molar-refractivity contribution in [1.29, 1.82) is 0 Å². The van der Waals surface area contributed by atoms with E-state index in [1.807, 2.05) is 18.2 Å². The summed E-state index contributed by atoms with van der Waals surface area (Å²) in [4.78, 5) is 11.3. The van der Waals surface area contributed by atoms with E-state index in [-0.39, 0.29) is 11.9 Å². The Labute approximate surface area is 149 Å². The standard InChI is InChI=1S/C19H20F3N3O/c1-11(26)23-14-8-12-6-7-15(10-13(12)9-14)25-17-5-3-2-4-16(17)18(24-25)19(20,21)22/h6-7,10,14H,2-5,8-9H2,1H3,(H,23,26). The van der Waals surface area contributed by atoms with Gasteiger partial charge in [-0.05, 0) is 61.8 Å². The molecule has 0 spiro atoms. The molecule has 0 fully saturated rings. The van der Waals surface area contributed by atoms with E-state index in [1.54, 1.807) is 0 Å². The van der Waals surface area contributed by atoms with E-state index < -0.39 is 11.9 Å². The van der Waals surface area contributed by atoms with E-state index in [0.29, 0.717) is 36.2 Å². The van der Waals surface area contributed by atoms with Crippen molar-refractivity contribution < 1.29 is 18.0 Å². The summed E-state index contributed by atoms with van der Waals surface area (Å²) in [7, 11) is 0. The van der Waals surface area contributed by atoms with E-state index >= 15 is 0 Å². The molecule has 1 heterocycles. The smallest absolute Gasteiger partial charge is 0.353 e. The number of aromatic nitrogens is 2. The molecular formula is C19H20F3N3O. The number of carbonyl (C=O) groups excluding carboxylic acids is 1. The molecule has 1 aromatic heterocycles. The van der Waals surface area contributed by atoms with Crippen molar-refractivity contribution in [2.75, 3.05) is 0 Å². The Hall–Kier alpha value is -2.31. The van der Waals surface area contributed by atoms with Crippen molar-refractivity contribution in [3.63, 3.8) is 0 Å². The third-order valence-electron chi connectivity index (χ3n) is 5.22. The Morgan fingerprint density at radius 2 is 1.92 bits per heavy atom. The highest BCUT2D eigenvalue weighted by Gasteiger charge is 2.39. The number of amides is 1. The van der Waals surface area contributed by atoms with Crippen LogP contribution in [0.4, 0.5) is 13.2 Å². The van der Waals surface area contributed by atoms with Crippen LogP contribution in [0.2, 0.25) is 0 Å². The number of halogens is 3. The molecule has 1 unspecified atom stereocenters. The molecule has 7 heteroatoms. The molecule has 1 aromatic carbocycles. The van der Waals surface area contributed by atoms with Crippen LogP contribution in [0.3, 0.4) is 0 Å². The molecule has 2 aliphatic carbocycles. The molecule has 4 nitrogen and oxygen atoms in total. The molecule has 26 heavy (non-hydrogen) atoms. The highest BCUT2D eigenvalue weighted by atomic mass is 19.4. The van der Waals surface area contributed by atoms with Gasteiger partial charge in [0.1, 0.15) is 0 Å². The van der Waals surface area contributed by atoms with Crippen molar-refractivity contribution in [1.82, 2.24) is 15.1 Å². The first-order chi connectivity index (χ1) is 12.3. The second-order valence-corrected chi connectivity index (χ2v) is 7.15. The largest absolute Gasteiger partial charge is 0.435 e. The molecule has 4 rings (SSSR count). The molecule has 1 amide bonds. The first kappa shape index (κ1) is 17.1. The zero-order chi connectivity index (χ0) is 18.5. The molecule has 0 saturated heterocycles. The van der Waals surface area contributed by atoms with Crippen LogP contribution in [0.5, 0.6) is 0 Å². The molecule has 2 aliphatic rings. The normalized spacial score (nSPS) is 19.2. The van der Waals surface area contributed by atoms with Crippen LogP contribution in [-0.2, 0) is 36.7 Å². The maximum absolute atomic E-state index is 13.4. The van der Waals surface area contributed by atoms with Gasteiger partial charge in [-0.25, -0.2) is 4.68 Å². The lowest BCUT2D eigenvalue weighted by molar-refractivity contribution is -0.142. The first-order valence-electron chi connectivity index (χ1n) is 8.90. The van der Waals surface area contributed by atoms with Crippen molar-refractivity contribution in [3.8, 4) is 5.69 Å². The fourth-order valence-corrected chi connectivity index (χ4v) is 4.17. The predicted octanol–water partition coefficient (Wildman–Crippen LogP) is 3.37. The van der Waals surface area contributed by atoms with Gasteiger partial charge in [0.2, 0.25) is 5.91 Å². The van der Waals surface area contributed by atoms with Crippen LogP contribution in [-0.4, -0.2) is 21.7 Å². The molecule has 0 bridgehead atoms. The number of alkyl halides is 3. The lowest BCUT2D eigenvalue weighted by atomic mass is 9.95. The predicted molar refractivity (Wildman–Crippen MR) is 90.2 cm³/mol. The molecule has 0 radical (unpaired) electrons. The Morgan fingerprint density at radius 3 is 2.65 bits per heavy atom. The molecular weight excluding hydrogens is 343 g/mol. The fourth-order valence-electron chi connectivity index (χ4n) is 4.17. The molecule has 0 aliphatic heterocycles. The van der Waals surface area contributed by atoms with E-state index in [9.17, 15) is 18.0 Å². The summed E-state index contributed by atoms with van der Waals surface area (Å²) < 4.78 is 41.6. The first-order valence-corrected chi connectivity index (χ1v) is 8.90. The SMILES string of the molecule is CC(=O)NC1Cc2ccc(-n3nc(C(F)(F)F)c4c3CCCC4)cc2C1. The van der Waals surface area contributed by atoms with Crippen LogP contribution < -0.4 is 5.32 Å². The van der Waals surface area contributed by atoms with Gasteiger partial charge in [0.15, 0.2) is 5.69 Å². The number of carbonyl (C=O) groups is 1. The van der Waals surface area contributed by atoms with E-state index in [0.717, 1.165) is 30.4 Å². The van der Waals surface area contributed by atoms with Gasteiger partial charge in [0.05, 0.1) is 5.69 Å². The molecule has 0 saturated carbocycles. The lowest BCUT2D eigenvalue weighted by Crippen LogP contribution is -2.33. The van der Waals surface area contributed by atoms with Crippen molar-refractivity contribution in [3.05, 3.63) is 46.3 Å². The van der Waals surface area contributed by atoms with Gasteiger partial charge in [0, 0.05) is 24.2 Å². The second kappa shape index (κ2) is 6.14. The average Bonchev–Trinajstić information content (AvgIpc) is 3.13. The van der Waals surface area contributed by atoms with Gasteiger partial charge in [-0.15, -0.1) is 0 Å². The minimum Gasteiger partial charge on any atom is -0.353 e. The topological polar surface area (TPSA) is 46.9 Å². The maximum Gasteiger partial charge on any atom is 0.435 e. The number of rotatable bonds is 2. The number of hydrogen-bond acceptors (Lipinski definition) is 2. The number of benzene rings is 1. The van der Waals surface area contributed by atoms with Crippen molar-refractivity contribution in [2.24, 2.45) is 0 Å². The summed E-state index contributed by atoms with van der Waals surface area (Å²) in [5, 5.41) is 6.86. The van der Waals surface area contributed by atoms with E-state index in [4.69, 9.17) is 0 Å². The summed E-state index contributed by atoms with van der Waals surface area (Å²) in [6, 6.07) is 5.74. The van der Waals surface area contributed by atoms with Crippen LogP contribution >= 0.6 is 0 Å². The summed E-state index contributed by atoms with van der Waals surface area (Å²) >= 11 is 0. The van der Waals surface area contributed by atoms with Crippen LogP contribution in [0.1, 0.15) is 47.8 Å². The number of nitrogens with one attached hydrogen (secondary N) is 1. The van der Waals surface area contributed by atoms with E-state index in [1.165, 1.54) is 11.6 Å². The number of hydrogen-bond donors (Lipinski definition) is 1. The zero-order valence-corrected chi connectivity index (χ0v) is 14.5. The molecule has 1 N–H and O–H groups in total. The minimum absolute atomic E-state index is 0.0509. The third-order valence-corrected chi connectivity index (χ3v) is 5.22. The highest BCUT2D eigenvalue weighted by Crippen LogP contribution is 2.37. The van der Waals surface area contributed by atoms with E-state index in [2.05, 4.69) is 10.4 Å². The summed E-state index contributed by atoms with van der Waals surface area (Å²) in [6.45, 7) is 1.49. The Balaban J connectivity index is 1.72. The minimum atomic E-state index is -4.43. The van der Waals surface area contributed by atoms with Crippen LogP contribution in [0.15, 0.2) is 18.2 Å². The highest BCUT2D eigenvalue weighted by molar-refractivity contribution is 5.73. The van der Waals surface area contributed by atoms with Gasteiger partial charge in [0.25, 0.3) is 0 Å². The second-order valence-electron chi connectivity index (χ2n) is 7.15. The van der Waals surface area contributed by atoms with Gasteiger partial charge in [-0.1, -0.05) is 6.07 Å². The van der Waals surface area contributed by atoms with Crippen molar-refractivity contribution >= 4 is 5.91 Å². The molecule has 1 atom stereocenters. The zero-order valence-electron chi connectivity index (χ0n) is 14.5. The number of nitrogens with zero attached hydrogens (tertiary/aromatic N) is 2. The molecule has 2 aromatic rings. The Kier molecular flexibility index (Phi) is 4.04. The fraction of sp³-hybridized carbons (Fsp3) is 0.474. The monoisotopic (exact) mass is 363 g/mol. The van der Waals surface area contributed by atoms with Gasteiger partial charge < -0.3 is 5.32 Å². The van der Waals surface area contributed by atoms with Crippen molar-refractivity contribution in [2.45, 2.75) is 57.7 Å². The number of fused-ring (bicyclic) bond motifs is 2. The average molecular weight is 363 g/mol. The summed E-state index contributed by atoms with van der Waals surface area (Å²) in [6.07, 6.45) is -0.294.